The molecule has 0 fully saturated rings. The van der Waals surface area contributed by atoms with Crippen LogP contribution < -0.4 is 5.32 Å². The Morgan fingerprint density at radius 1 is 1.40 bits per heavy atom. The molecule has 2 unspecified atom stereocenters. The SMILES string of the molecule is CC1=NOC2NC(=O)C(C#N)=C(c3ccc(Cl)cc3)C12. The molecule has 1 amide bonds. The second-order valence-electron chi connectivity index (χ2n) is 4.62. The number of hydrogen-bond acceptors (Lipinski definition) is 4. The number of nitrogens with zero attached hydrogens (tertiary/aromatic N) is 2. The summed E-state index contributed by atoms with van der Waals surface area (Å²) >= 11 is 5.88. The highest BCUT2D eigenvalue weighted by Gasteiger charge is 2.43. The molecule has 0 bridgehead atoms. The van der Waals surface area contributed by atoms with E-state index in [0.29, 0.717) is 10.6 Å². The van der Waals surface area contributed by atoms with E-state index in [0.717, 1.165) is 11.3 Å². The fourth-order valence-electron chi connectivity index (χ4n) is 2.49. The van der Waals surface area contributed by atoms with Gasteiger partial charge < -0.3 is 10.2 Å². The first-order chi connectivity index (χ1) is 9.61. The molecule has 3 rings (SSSR count). The molecule has 0 saturated carbocycles. The third-order valence-electron chi connectivity index (χ3n) is 3.41. The first-order valence-electron chi connectivity index (χ1n) is 6.03. The summed E-state index contributed by atoms with van der Waals surface area (Å²) in [6.07, 6.45) is -0.551. The zero-order valence-electron chi connectivity index (χ0n) is 10.6. The number of oxime groups is 1. The van der Waals surface area contributed by atoms with Gasteiger partial charge >= 0.3 is 0 Å². The molecule has 2 heterocycles. The topological polar surface area (TPSA) is 74.5 Å². The van der Waals surface area contributed by atoms with Crippen molar-refractivity contribution < 1.29 is 9.63 Å². The van der Waals surface area contributed by atoms with Crippen LogP contribution in [-0.4, -0.2) is 17.8 Å². The summed E-state index contributed by atoms with van der Waals surface area (Å²) in [5.74, 6) is -0.688. The van der Waals surface area contributed by atoms with Crippen molar-refractivity contribution in [3.8, 4) is 6.07 Å². The monoisotopic (exact) mass is 287 g/mol. The highest BCUT2D eigenvalue weighted by atomic mass is 35.5. The molecule has 100 valence electrons. The van der Waals surface area contributed by atoms with Gasteiger partial charge in [-0.15, -0.1) is 0 Å². The molecular formula is C14H10ClN3O2. The van der Waals surface area contributed by atoms with Crippen molar-refractivity contribution in [2.24, 2.45) is 11.1 Å². The van der Waals surface area contributed by atoms with Gasteiger partial charge in [-0.3, -0.25) is 4.79 Å². The van der Waals surface area contributed by atoms with E-state index >= 15 is 0 Å². The summed E-state index contributed by atoms with van der Waals surface area (Å²) in [6, 6.07) is 9.00. The molecule has 0 radical (unpaired) electrons. The van der Waals surface area contributed by atoms with Crippen LogP contribution in [0.4, 0.5) is 0 Å². The van der Waals surface area contributed by atoms with E-state index in [1.165, 1.54) is 0 Å². The van der Waals surface area contributed by atoms with E-state index in [1.807, 2.05) is 13.0 Å². The first kappa shape index (κ1) is 12.7. The van der Waals surface area contributed by atoms with Crippen LogP contribution in [0, 0.1) is 17.2 Å². The summed E-state index contributed by atoms with van der Waals surface area (Å²) in [4.78, 5) is 17.2. The van der Waals surface area contributed by atoms with Crippen LogP contribution in [0.3, 0.4) is 0 Å². The van der Waals surface area contributed by atoms with Gasteiger partial charge in [0.1, 0.15) is 11.6 Å². The number of benzene rings is 1. The molecule has 0 saturated heterocycles. The number of fused-ring (bicyclic) bond motifs is 1. The molecule has 20 heavy (non-hydrogen) atoms. The van der Waals surface area contributed by atoms with E-state index in [4.69, 9.17) is 16.4 Å². The molecular weight excluding hydrogens is 278 g/mol. The Morgan fingerprint density at radius 2 is 2.10 bits per heavy atom. The normalized spacial score (nSPS) is 24.4. The van der Waals surface area contributed by atoms with Crippen LogP contribution >= 0.6 is 11.6 Å². The van der Waals surface area contributed by atoms with Gasteiger partial charge in [0, 0.05) is 5.02 Å². The number of nitrogens with one attached hydrogen (secondary N) is 1. The van der Waals surface area contributed by atoms with Gasteiger partial charge in [0.05, 0.1) is 11.6 Å². The molecule has 2 aliphatic heterocycles. The maximum atomic E-state index is 12.0. The molecule has 1 N–H and O–H groups in total. The second kappa shape index (κ2) is 4.66. The lowest BCUT2D eigenvalue weighted by Crippen LogP contribution is -2.46. The Balaban J connectivity index is 2.20. The second-order valence-corrected chi connectivity index (χ2v) is 5.05. The minimum absolute atomic E-state index is 0.0913. The molecule has 6 heteroatoms. The summed E-state index contributed by atoms with van der Waals surface area (Å²) < 4.78 is 0. The Hall–Kier alpha value is -2.32. The van der Waals surface area contributed by atoms with Crippen molar-refractivity contribution >= 4 is 28.8 Å². The number of carbonyl (C=O) groups excluding carboxylic acids is 1. The molecule has 0 spiro atoms. The predicted molar refractivity (Wildman–Crippen MR) is 73.6 cm³/mol. The maximum Gasteiger partial charge on any atom is 0.265 e. The zero-order valence-corrected chi connectivity index (χ0v) is 11.3. The molecule has 0 aliphatic carbocycles. The van der Waals surface area contributed by atoms with Crippen LogP contribution in [0.5, 0.6) is 0 Å². The minimum Gasteiger partial charge on any atom is -0.370 e. The standard InChI is InChI=1S/C14H10ClN3O2/c1-7-11-12(8-2-4-9(15)5-3-8)10(6-16)13(19)17-14(11)20-18-7/h2-5,11,14H,1H3,(H,17,19). The van der Waals surface area contributed by atoms with Crippen molar-refractivity contribution in [2.75, 3.05) is 0 Å². The third-order valence-corrected chi connectivity index (χ3v) is 3.66. The van der Waals surface area contributed by atoms with Crippen LogP contribution in [0.1, 0.15) is 12.5 Å². The van der Waals surface area contributed by atoms with Gasteiger partial charge in [0.15, 0.2) is 0 Å². The lowest BCUT2D eigenvalue weighted by atomic mass is 9.82. The highest BCUT2D eigenvalue weighted by Crippen LogP contribution is 2.37. The number of rotatable bonds is 1. The van der Waals surface area contributed by atoms with E-state index in [2.05, 4.69) is 10.5 Å². The van der Waals surface area contributed by atoms with E-state index in [-0.39, 0.29) is 11.5 Å². The van der Waals surface area contributed by atoms with Crippen LogP contribution in [0.15, 0.2) is 35.0 Å². The van der Waals surface area contributed by atoms with Crippen molar-refractivity contribution in [1.29, 1.82) is 5.26 Å². The predicted octanol–water partition coefficient (Wildman–Crippen LogP) is 2.10. The Labute approximate surface area is 120 Å². The smallest absolute Gasteiger partial charge is 0.265 e. The van der Waals surface area contributed by atoms with Crippen molar-refractivity contribution in [1.82, 2.24) is 5.32 Å². The fraction of sp³-hybridized carbons (Fsp3) is 0.214. The van der Waals surface area contributed by atoms with Crippen LogP contribution in [0.2, 0.25) is 5.02 Å². The Kier molecular flexibility index (Phi) is 2.96. The summed E-state index contributed by atoms with van der Waals surface area (Å²) in [5.41, 5.74) is 2.23. The van der Waals surface area contributed by atoms with E-state index in [9.17, 15) is 10.1 Å². The van der Waals surface area contributed by atoms with Gasteiger partial charge in [-0.25, -0.2) is 0 Å². The van der Waals surface area contributed by atoms with Crippen molar-refractivity contribution in [3.63, 3.8) is 0 Å². The number of carbonyl (C=O) groups is 1. The highest BCUT2D eigenvalue weighted by molar-refractivity contribution is 6.30. The molecule has 1 aromatic carbocycles. The Bertz CT molecular complexity index is 685. The molecule has 2 atom stereocenters. The third kappa shape index (κ3) is 1.86. The minimum atomic E-state index is -0.551. The average Bonchev–Trinajstić information content (AvgIpc) is 2.79. The van der Waals surface area contributed by atoms with E-state index in [1.54, 1.807) is 24.3 Å². The molecule has 2 aliphatic rings. The number of amides is 1. The quantitative estimate of drug-likeness (QED) is 0.859. The largest absolute Gasteiger partial charge is 0.370 e. The van der Waals surface area contributed by atoms with Crippen molar-refractivity contribution in [2.45, 2.75) is 13.2 Å². The Morgan fingerprint density at radius 3 is 2.75 bits per heavy atom. The van der Waals surface area contributed by atoms with Gasteiger partial charge in [-0.2, -0.15) is 5.26 Å². The summed E-state index contributed by atoms with van der Waals surface area (Å²) in [6.45, 7) is 1.81. The molecule has 0 aromatic heterocycles. The first-order valence-corrected chi connectivity index (χ1v) is 6.41. The number of halogens is 1. The summed E-state index contributed by atoms with van der Waals surface area (Å²) in [7, 11) is 0. The van der Waals surface area contributed by atoms with Gasteiger partial charge in [0.2, 0.25) is 6.23 Å². The van der Waals surface area contributed by atoms with Gasteiger partial charge in [-0.1, -0.05) is 28.9 Å². The van der Waals surface area contributed by atoms with Gasteiger partial charge in [0.25, 0.3) is 5.91 Å². The fourth-order valence-corrected chi connectivity index (χ4v) is 2.62. The van der Waals surface area contributed by atoms with Crippen molar-refractivity contribution in [3.05, 3.63) is 40.4 Å². The van der Waals surface area contributed by atoms with Crippen LogP contribution in [0.25, 0.3) is 5.57 Å². The zero-order chi connectivity index (χ0) is 14.3. The summed E-state index contributed by atoms with van der Waals surface area (Å²) in [5, 5.41) is 16.4. The molecule has 1 aromatic rings. The van der Waals surface area contributed by atoms with Gasteiger partial charge in [-0.05, 0) is 30.2 Å². The number of hydrogen-bond donors (Lipinski definition) is 1. The maximum absolute atomic E-state index is 12.0. The van der Waals surface area contributed by atoms with Crippen LogP contribution in [-0.2, 0) is 9.63 Å². The average molecular weight is 288 g/mol. The number of nitriles is 1. The lowest BCUT2D eigenvalue weighted by Gasteiger charge is -2.27. The molecule has 5 nitrogen and oxygen atoms in total. The van der Waals surface area contributed by atoms with E-state index < -0.39 is 12.1 Å². The lowest BCUT2D eigenvalue weighted by molar-refractivity contribution is -0.121.